The standard InChI is InChI=1S/C6H9N3O/c1-9(2)4-5-3-7-8-6(5)10/h3-4H,1-2H3,(H,8,10)/b5-4-. The molecule has 0 bridgehead atoms. The number of nitrogens with one attached hydrogen (secondary N) is 1. The highest BCUT2D eigenvalue weighted by atomic mass is 16.2. The van der Waals surface area contributed by atoms with E-state index in [9.17, 15) is 4.79 Å². The van der Waals surface area contributed by atoms with E-state index in [-0.39, 0.29) is 5.91 Å². The summed E-state index contributed by atoms with van der Waals surface area (Å²) in [5.74, 6) is -0.145. The molecule has 0 atom stereocenters. The number of hydrazone groups is 1. The Balaban J connectivity index is 2.72. The number of hydrogen-bond donors (Lipinski definition) is 1. The maximum atomic E-state index is 10.8. The first-order valence-corrected chi connectivity index (χ1v) is 2.92. The van der Waals surface area contributed by atoms with Gasteiger partial charge in [0.15, 0.2) is 0 Å². The monoisotopic (exact) mass is 139 g/mol. The first-order valence-electron chi connectivity index (χ1n) is 2.92. The van der Waals surface area contributed by atoms with E-state index in [2.05, 4.69) is 10.5 Å². The summed E-state index contributed by atoms with van der Waals surface area (Å²) in [6.07, 6.45) is 3.22. The summed E-state index contributed by atoms with van der Waals surface area (Å²) in [6, 6.07) is 0. The SMILES string of the molecule is CN(C)/C=C1/C=NNC1=O. The molecule has 0 aromatic carbocycles. The largest absolute Gasteiger partial charge is 0.383 e. The van der Waals surface area contributed by atoms with Crippen LogP contribution in [0.5, 0.6) is 0 Å². The molecule has 0 spiro atoms. The van der Waals surface area contributed by atoms with Crippen molar-refractivity contribution in [3.8, 4) is 0 Å². The molecule has 0 saturated heterocycles. The summed E-state index contributed by atoms with van der Waals surface area (Å²) >= 11 is 0. The van der Waals surface area contributed by atoms with Crippen LogP contribution in [0.4, 0.5) is 0 Å². The van der Waals surface area contributed by atoms with Crippen LogP contribution >= 0.6 is 0 Å². The Morgan fingerprint density at radius 2 is 2.40 bits per heavy atom. The van der Waals surface area contributed by atoms with E-state index in [4.69, 9.17) is 0 Å². The summed E-state index contributed by atoms with van der Waals surface area (Å²) in [5.41, 5.74) is 2.90. The third-order valence-corrected chi connectivity index (χ3v) is 1.03. The fraction of sp³-hybridized carbons (Fsp3) is 0.333. The van der Waals surface area contributed by atoms with Crippen LogP contribution in [0, 0.1) is 0 Å². The van der Waals surface area contributed by atoms with Gasteiger partial charge in [0.25, 0.3) is 5.91 Å². The van der Waals surface area contributed by atoms with E-state index >= 15 is 0 Å². The lowest BCUT2D eigenvalue weighted by atomic mass is 10.3. The van der Waals surface area contributed by atoms with Crippen molar-refractivity contribution >= 4 is 12.1 Å². The van der Waals surface area contributed by atoms with E-state index in [1.165, 1.54) is 6.21 Å². The third-order valence-electron chi connectivity index (χ3n) is 1.03. The van der Waals surface area contributed by atoms with E-state index in [0.717, 1.165) is 0 Å². The van der Waals surface area contributed by atoms with Gasteiger partial charge in [-0.15, -0.1) is 0 Å². The molecule has 1 rings (SSSR count). The van der Waals surface area contributed by atoms with Gasteiger partial charge >= 0.3 is 0 Å². The molecule has 1 heterocycles. The van der Waals surface area contributed by atoms with Gasteiger partial charge in [0.1, 0.15) is 0 Å². The molecule has 4 nitrogen and oxygen atoms in total. The Labute approximate surface area is 59.2 Å². The summed E-state index contributed by atoms with van der Waals surface area (Å²) in [7, 11) is 3.71. The molecule has 4 heteroatoms. The highest BCUT2D eigenvalue weighted by Crippen LogP contribution is 1.96. The maximum Gasteiger partial charge on any atom is 0.274 e. The van der Waals surface area contributed by atoms with Gasteiger partial charge in [-0.2, -0.15) is 5.10 Å². The van der Waals surface area contributed by atoms with Gasteiger partial charge in [0.05, 0.1) is 11.8 Å². The lowest BCUT2D eigenvalue weighted by Gasteiger charge is -2.03. The fourth-order valence-electron chi connectivity index (χ4n) is 0.654. The summed E-state index contributed by atoms with van der Waals surface area (Å²) in [5, 5.41) is 3.58. The summed E-state index contributed by atoms with van der Waals surface area (Å²) in [6.45, 7) is 0. The Bertz CT molecular complexity index is 205. The smallest absolute Gasteiger partial charge is 0.274 e. The van der Waals surface area contributed by atoms with Crippen molar-refractivity contribution in [2.24, 2.45) is 5.10 Å². The molecular formula is C6H9N3O. The van der Waals surface area contributed by atoms with Crippen LogP contribution < -0.4 is 5.43 Å². The second kappa shape index (κ2) is 2.51. The van der Waals surface area contributed by atoms with Gasteiger partial charge in [-0.1, -0.05) is 0 Å². The molecular weight excluding hydrogens is 130 g/mol. The third kappa shape index (κ3) is 1.34. The molecule has 0 saturated carbocycles. The van der Waals surface area contributed by atoms with Crippen LogP contribution in [0.15, 0.2) is 16.9 Å². The Kier molecular flexibility index (Phi) is 1.71. The van der Waals surface area contributed by atoms with Crippen LogP contribution in [0.3, 0.4) is 0 Å². The highest BCUT2D eigenvalue weighted by molar-refractivity contribution is 6.15. The van der Waals surface area contributed by atoms with Crippen molar-refractivity contribution in [1.29, 1.82) is 0 Å². The molecule has 0 unspecified atom stereocenters. The summed E-state index contributed by atoms with van der Waals surface area (Å²) < 4.78 is 0. The van der Waals surface area contributed by atoms with Gasteiger partial charge < -0.3 is 4.90 Å². The molecule has 0 aliphatic carbocycles. The lowest BCUT2D eigenvalue weighted by molar-refractivity contribution is -0.116. The topological polar surface area (TPSA) is 44.7 Å². The number of hydrogen-bond acceptors (Lipinski definition) is 3. The predicted molar refractivity (Wildman–Crippen MR) is 38.4 cm³/mol. The second-order valence-electron chi connectivity index (χ2n) is 2.25. The molecule has 0 aromatic heterocycles. The predicted octanol–water partition coefficient (Wildman–Crippen LogP) is -0.453. The number of carbonyl (C=O) groups excluding carboxylic acids is 1. The normalized spacial score (nSPS) is 19.8. The molecule has 0 aromatic rings. The zero-order chi connectivity index (χ0) is 7.56. The molecule has 1 aliphatic rings. The minimum atomic E-state index is -0.145. The lowest BCUT2D eigenvalue weighted by Crippen LogP contribution is -2.14. The average Bonchev–Trinajstić information content (AvgIpc) is 2.15. The van der Waals surface area contributed by atoms with Crippen LogP contribution in [0.25, 0.3) is 0 Å². The molecule has 0 fully saturated rings. The van der Waals surface area contributed by atoms with E-state index < -0.39 is 0 Å². The van der Waals surface area contributed by atoms with Gasteiger partial charge in [-0.25, -0.2) is 5.43 Å². The Morgan fingerprint density at radius 3 is 2.80 bits per heavy atom. The minimum Gasteiger partial charge on any atom is -0.383 e. The van der Waals surface area contributed by atoms with Crippen LogP contribution in [-0.4, -0.2) is 31.1 Å². The number of amides is 1. The van der Waals surface area contributed by atoms with Crippen molar-refractivity contribution in [1.82, 2.24) is 10.3 Å². The first-order chi connectivity index (χ1) is 4.70. The second-order valence-corrected chi connectivity index (χ2v) is 2.25. The van der Waals surface area contributed by atoms with E-state index in [1.54, 1.807) is 11.1 Å². The maximum absolute atomic E-state index is 10.8. The van der Waals surface area contributed by atoms with Crippen molar-refractivity contribution in [2.45, 2.75) is 0 Å². The Hall–Kier alpha value is -1.32. The molecule has 54 valence electrons. The summed E-state index contributed by atoms with van der Waals surface area (Å²) in [4.78, 5) is 12.6. The van der Waals surface area contributed by atoms with Crippen molar-refractivity contribution < 1.29 is 4.79 Å². The average molecular weight is 139 g/mol. The van der Waals surface area contributed by atoms with Crippen LogP contribution in [0.1, 0.15) is 0 Å². The van der Waals surface area contributed by atoms with Gasteiger partial charge in [0.2, 0.25) is 0 Å². The quantitative estimate of drug-likeness (QED) is 0.500. The Morgan fingerprint density at radius 1 is 1.70 bits per heavy atom. The van der Waals surface area contributed by atoms with Gasteiger partial charge in [0, 0.05) is 20.3 Å². The van der Waals surface area contributed by atoms with Crippen molar-refractivity contribution in [2.75, 3.05) is 14.1 Å². The molecule has 10 heavy (non-hydrogen) atoms. The highest BCUT2D eigenvalue weighted by Gasteiger charge is 2.10. The molecule has 0 radical (unpaired) electrons. The molecule has 1 N–H and O–H groups in total. The van der Waals surface area contributed by atoms with Crippen molar-refractivity contribution in [3.63, 3.8) is 0 Å². The fourth-order valence-corrected chi connectivity index (χ4v) is 0.654. The van der Waals surface area contributed by atoms with Crippen molar-refractivity contribution in [3.05, 3.63) is 11.8 Å². The van der Waals surface area contributed by atoms with Crippen LogP contribution in [-0.2, 0) is 4.79 Å². The van der Waals surface area contributed by atoms with E-state index in [1.807, 2.05) is 14.1 Å². The molecule has 1 amide bonds. The number of nitrogens with zero attached hydrogens (tertiary/aromatic N) is 2. The van der Waals surface area contributed by atoms with Gasteiger partial charge in [-0.3, -0.25) is 4.79 Å². The molecule has 1 aliphatic heterocycles. The zero-order valence-electron chi connectivity index (χ0n) is 5.96. The minimum absolute atomic E-state index is 0.145. The van der Waals surface area contributed by atoms with Gasteiger partial charge in [-0.05, 0) is 0 Å². The first kappa shape index (κ1) is 6.80. The van der Waals surface area contributed by atoms with E-state index in [0.29, 0.717) is 5.57 Å². The number of carbonyl (C=O) groups is 1. The number of rotatable bonds is 1. The van der Waals surface area contributed by atoms with Crippen LogP contribution in [0.2, 0.25) is 0 Å². The zero-order valence-corrected chi connectivity index (χ0v) is 5.96.